The van der Waals surface area contributed by atoms with Crippen molar-refractivity contribution < 1.29 is 0 Å². The summed E-state index contributed by atoms with van der Waals surface area (Å²) in [6, 6.07) is 2.62. The second kappa shape index (κ2) is 6.30. The van der Waals surface area contributed by atoms with Crippen molar-refractivity contribution in [2.24, 2.45) is 0 Å². The summed E-state index contributed by atoms with van der Waals surface area (Å²) in [6.07, 6.45) is 2.71. The molecular formula is C14H22N4S. The molecule has 0 aromatic carbocycles. The molecule has 2 heterocycles. The average molecular weight is 278 g/mol. The van der Waals surface area contributed by atoms with Gasteiger partial charge in [0.15, 0.2) is 0 Å². The molecule has 2 aromatic rings. The SMILES string of the molecule is CCCn1ncnc1CNC(C)c1cc(C)sc1C. The Morgan fingerprint density at radius 1 is 1.42 bits per heavy atom. The van der Waals surface area contributed by atoms with Gasteiger partial charge in [-0.1, -0.05) is 6.92 Å². The maximum absolute atomic E-state index is 4.32. The first-order valence-corrected chi connectivity index (χ1v) is 7.60. The highest BCUT2D eigenvalue weighted by molar-refractivity contribution is 7.12. The molecule has 1 N–H and O–H groups in total. The lowest BCUT2D eigenvalue weighted by molar-refractivity contribution is 0.509. The topological polar surface area (TPSA) is 42.7 Å². The molecule has 0 fully saturated rings. The summed E-state index contributed by atoms with van der Waals surface area (Å²) >= 11 is 1.86. The van der Waals surface area contributed by atoms with Crippen molar-refractivity contribution in [2.45, 2.75) is 53.2 Å². The Hall–Kier alpha value is -1.20. The highest BCUT2D eigenvalue weighted by Gasteiger charge is 2.12. The van der Waals surface area contributed by atoms with Crippen LogP contribution in [0.5, 0.6) is 0 Å². The molecule has 0 aliphatic rings. The van der Waals surface area contributed by atoms with E-state index in [2.05, 4.69) is 49.2 Å². The lowest BCUT2D eigenvalue weighted by atomic mass is 10.1. The molecule has 0 saturated carbocycles. The Labute approximate surface area is 118 Å². The number of nitrogens with zero attached hydrogens (tertiary/aromatic N) is 3. The Morgan fingerprint density at radius 2 is 2.21 bits per heavy atom. The first-order chi connectivity index (χ1) is 9.11. The van der Waals surface area contributed by atoms with Crippen LogP contribution >= 0.6 is 11.3 Å². The van der Waals surface area contributed by atoms with Gasteiger partial charge >= 0.3 is 0 Å². The summed E-state index contributed by atoms with van der Waals surface area (Å²) < 4.78 is 1.98. The number of aromatic nitrogens is 3. The Kier molecular flexibility index (Phi) is 4.71. The van der Waals surface area contributed by atoms with Crippen molar-refractivity contribution in [3.05, 3.63) is 33.5 Å². The van der Waals surface area contributed by atoms with Crippen molar-refractivity contribution in [3.63, 3.8) is 0 Å². The fourth-order valence-corrected chi connectivity index (χ4v) is 3.28. The van der Waals surface area contributed by atoms with Crippen LogP contribution in [0, 0.1) is 13.8 Å². The molecule has 0 aliphatic heterocycles. The van der Waals surface area contributed by atoms with Gasteiger partial charge in [0, 0.05) is 22.3 Å². The molecule has 4 nitrogen and oxygen atoms in total. The van der Waals surface area contributed by atoms with Gasteiger partial charge in [-0.25, -0.2) is 9.67 Å². The number of rotatable bonds is 6. The number of hydrogen-bond donors (Lipinski definition) is 1. The second-order valence-electron chi connectivity index (χ2n) is 4.87. The zero-order valence-electron chi connectivity index (χ0n) is 12.1. The maximum atomic E-state index is 4.32. The third kappa shape index (κ3) is 3.42. The fraction of sp³-hybridized carbons (Fsp3) is 0.571. The quantitative estimate of drug-likeness (QED) is 0.882. The molecule has 1 unspecified atom stereocenters. The van der Waals surface area contributed by atoms with Gasteiger partial charge in [0.05, 0.1) is 6.54 Å². The van der Waals surface area contributed by atoms with Gasteiger partial charge in [0.2, 0.25) is 0 Å². The van der Waals surface area contributed by atoms with E-state index in [-0.39, 0.29) is 0 Å². The third-order valence-corrected chi connectivity index (χ3v) is 4.23. The predicted octanol–water partition coefficient (Wildman–Crippen LogP) is 3.22. The average Bonchev–Trinajstić information content (AvgIpc) is 2.93. The van der Waals surface area contributed by atoms with Crippen molar-refractivity contribution in [1.82, 2.24) is 20.1 Å². The summed E-state index contributed by atoms with van der Waals surface area (Å²) in [4.78, 5) is 7.09. The minimum absolute atomic E-state index is 0.344. The Bertz CT molecular complexity index is 529. The summed E-state index contributed by atoms with van der Waals surface area (Å²) in [6.45, 7) is 10.4. The van der Waals surface area contributed by atoms with Crippen LogP contribution < -0.4 is 5.32 Å². The molecule has 0 spiro atoms. The van der Waals surface area contributed by atoms with Crippen LogP contribution in [0.1, 0.15) is 47.5 Å². The van der Waals surface area contributed by atoms with E-state index in [4.69, 9.17) is 0 Å². The number of thiophene rings is 1. The normalized spacial score (nSPS) is 12.8. The largest absolute Gasteiger partial charge is 0.303 e. The first-order valence-electron chi connectivity index (χ1n) is 6.78. The minimum atomic E-state index is 0.344. The molecule has 1 atom stereocenters. The van der Waals surface area contributed by atoms with E-state index in [0.29, 0.717) is 6.04 Å². The van der Waals surface area contributed by atoms with Crippen LogP contribution in [0.25, 0.3) is 0 Å². The molecule has 0 saturated heterocycles. The molecule has 0 aliphatic carbocycles. The summed E-state index contributed by atoms with van der Waals surface area (Å²) in [5.41, 5.74) is 1.39. The summed E-state index contributed by atoms with van der Waals surface area (Å²) in [7, 11) is 0. The lowest BCUT2D eigenvalue weighted by Crippen LogP contribution is -2.21. The molecule has 0 radical (unpaired) electrons. The molecule has 19 heavy (non-hydrogen) atoms. The molecule has 0 bridgehead atoms. The number of aryl methyl sites for hydroxylation is 3. The van der Waals surface area contributed by atoms with E-state index in [0.717, 1.165) is 25.3 Å². The first kappa shape index (κ1) is 14.2. The summed E-state index contributed by atoms with van der Waals surface area (Å²) in [5, 5.41) is 7.78. The van der Waals surface area contributed by atoms with E-state index >= 15 is 0 Å². The summed E-state index contributed by atoms with van der Waals surface area (Å²) in [5.74, 6) is 1.01. The van der Waals surface area contributed by atoms with Crippen LogP contribution in [0.3, 0.4) is 0 Å². The number of nitrogens with one attached hydrogen (secondary N) is 1. The molecule has 5 heteroatoms. The lowest BCUT2D eigenvalue weighted by Gasteiger charge is -2.14. The molecular weight excluding hydrogens is 256 g/mol. The van der Waals surface area contributed by atoms with Crippen molar-refractivity contribution in [1.29, 1.82) is 0 Å². The zero-order chi connectivity index (χ0) is 13.8. The van der Waals surface area contributed by atoms with E-state index in [1.165, 1.54) is 15.3 Å². The van der Waals surface area contributed by atoms with Crippen LogP contribution in [-0.2, 0) is 13.1 Å². The van der Waals surface area contributed by atoms with E-state index in [1.807, 2.05) is 16.0 Å². The fourth-order valence-electron chi connectivity index (χ4n) is 2.26. The van der Waals surface area contributed by atoms with Gasteiger partial charge in [-0.15, -0.1) is 11.3 Å². The van der Waals surface area contributed by atoms with Gasteiger partial charge < -0.3 is 5.32 Å². The number of hydrogen-bond acceptors (Lipinski definition) is 4. The van der Waals surface area contributed by atoms with E-state index < -0.39 is 0 Å². The highest BCUT2D eigenvalue weighted by Crippen LogP contribution is 2.26. The van der Waals surface area contributed by atoms with Crippen molar-refractivity contribution in [2.75, 3.05) is 0 Å². The van der Waals surface area contributed by atoms with Gasteiger partial charge in [-0.2, -0.15) is 5.10 Å². The van der Waals surface area contributed by atoms with Crippen LogP contribution in [0.15, 0.2) is 12.4 Å². The smallest absolute Gasteiger partial charge is 0.140 e. The van der Waals surface area contributed by atoms with Crippen LogP contribution in [0.2, 0.25) is 0 Å². The van der Waals surface area contributed by atoms with Gasteiger partial charge in [0.25, 0.3) is 0 Å². The monoisotopic (exact) mass is 278 g/mol. The van der Waals surface area contributed by atoms with Crippen molar-refractivity contribution >= 4 is 11.3 Å². The predicted molar refractivity (Wildman–Crippen MR) is 79.4 cm³/mol. The standard InChI is InChI=1S/C14H22N4S/c1-5-6-18-14(16-9-17-18)8-15-11(3)13-7-10(2)19-12(13)4/h7,9,11,15H,5-6,8H2,1-4H3. The highest BCUT2D eigenvalue weighted by atomic mass is 32.1. The van der Waals surface area contributed by atoms with Crippen LogP contribution in [-0.4, -0.2) is 14.8 Å². The van der Waals surface area contributed by atoms with Gasteiger partial charge in [-0.05, 0) is 38.8 Å². The second-order valence-corrected chi connectivity index (χ2v) is 6.33. The minimum Gasteiger partial charge on any atom is -0.303 e. The molecule has 2 aromatic heterocycles. The van der Waals surface area contributed by atoms with E-state index in [1.54, 1.807) is 6.33 Å². The Morgan fingerprint density at radius 3 is 2.84 bits per heavy atom. The van der Waals surface area contributed by atoms with E-state index in [9.17, 15) is 0 Å². The molecule has 0 amide bonds. The van der Waals surface area contributed by atoms with Crippen molar-refractivity contribution in [3.8, 4) is 0 Å². The van der Waals surface area contributed by atoms with Gasteiger partial charge in [0.1, 0.15) is 12.2 Å². The van der Waals surface area contributed by atoms with Crippen LogP contribution in [0.4, 0.5) is 0 Å². The third-order valence-electron chi connectivity index (χ3n) is 3.24. The Balaban J connectivity index is 1.98. The molecule has 2 rings (SSSR count). The molecule has 104 valence electrons. The maximum Gasteiger partial charge on any atom is 0.140 e. The zero-order valence-corrected chi connectivity index (χ0v) is 12.9. The van der Waals surface area contributed by atoms with Gasteiger partial charge in [-0.3, -0.25) is 0 Å².